The normalized spacial score (nSPS) is 16.8. The number of amides is 1. The number of aromatic nitrogens is 1. The molecule has 5 nitrogen and oxygen atoms in total. The lowest BCUT2D eigenvalue weighted by atomic mass is 9.91. The van der Waals surface area contributed by atoms with Crippen LogP contribution in [0.15, 0.2) is 35.7 Å². The maximum atomic E-state index is 12.9. The molecule has 1 aliphatic heterocycles. The minimum atomic E-state index is -0.978. The molecule has 0 saturated carbocycles. The average molecular weight is 431 g/mol. The molecule has 2 heterocycles. The summed E-state index contributed by atoms with van der Waals surface area (Å²) in [6.07, 6.45) is 0.988. The zero-order valence-electron chi connectivity index (χ0n) is 15.8. The number of benzene rings is 1. The predicted molar refractivity (Wildman–Crippen MR) is 116 cm³/mol. The predicted octanol–water partition coefficient (Wildman–Crippen LogP) is 3.07. The lowest BCUT2D eigenvalue weighted by Gasteiger charge is -2.38. The van der Waals surface area contributed by atoms with Gasteiger partial charge in [0.05, 0.1) is 10.7 Å². The van der Waals surface area contributed by atoms with Crippen molar-refractivity contribution in [3.8, 4) is 0 Å². The molecule has 1 aromatic carbocycles. The summed E-state index contributed by atoms with van der Waals surface area (Å²) < 4.78 is 0. The number of hydrogen-bond acceptors (Lipinski definition) is 5. The van der Waals surface area contributed by atoms with Crippen molar-refractivity contribution in [3.05, 3.63) is 52.0 Å². The molecular formula is C19H28Cl2N4OS. The van der Waals surface area contributed by atoms with Gasteiger partial charge in [-0.15, -0.1) is 36.2 Å². The van der Waals surface area contributed by atoms with Gasteiger partial charge in [-0.3, -0.25) is 9.69 Å². The van der Waals surface area contributed by atoms with Crippen molar-refractivity contribution < 1.29 is 4.79 Å². The van der Waals surface area contributed by atoms with Crippen molar-refractivity contribution in [3.63, 3.8) is 0 Å². The minimum Gasteiger partial charge on any atom is -0.338 e. The largest absolute Gasteiger partial charge is 0.338 e. The van der Waals surface area contributed by atoms with Gasteiger partial charge in [0.15, 0.2) is 0 Å². The third kappa shape index (κ3) is 5.65. The number of nitrogens with zero attached hydrogens (tertiary/aromatic N) is 3. The second kappa shape index (κ2) is 10.4. The molecule has 1 saturated heterocycles. The van der Waals surface area contributed by atoms with Gasteiger partial charge in [-0.1, -0.05) is 37.3 Å². The third-order valence-corrected chi connectivity index (χ3v) is 5.81. The number of carbonyl (C=O) groups is 1. The Labute approximate surface area is 177 Å². The van der Waals surface area contributed by atoms with Gasteiger partial charge in [-0.05, 0) is 18.9 Å². The number of thiazole rings is 1. The first-order valence-electron chi connectivity index (χ1n) is 8.80. The highest BCUT2D eigenvalue weighted by molar-refractivity contribution is 7.09. The van der Waals surface area contributed by atoms with Crippen LogP contribution in [-0.2, 0) is 23.3 Å². The molecular weight excluding hydrogens is 403 g/mol. The van der Waals surface area contributed by atoms with Crippen molar-refractivity contribution in [2.45, 2.75) is 32.4 Å². The van der Waals surface area contributed by atoms with Gasteiger partial charge in [0, 0.05) is 38.1 Å². The Balaban J connectivity index is 0.00000182. The summed E-state index contributed by atoms with van der Waals surface area (Å²) in [5.74, 6) is 0.000257. The van der Waals surface area contributed by atoms with Gasteiger partial charge in [0.1, 0.15) is 5.54 Å². The van der Waals surface area contributed by atoms with Crippen LogP contribution in [0.3, 0.4) is 0 Å². The first-order valence-corrected chi connectivity index (χ1v) is 9.68. The molecule has 1 unspecified atom stereocenters. The van der Waals surface area contributed by atoms with E-state index in [4.69, 9.17) is 5.73 Å². The Morgan fingerprint density at radius 3 is 2.37 bits per heavy atom. The molecule has 1 aliphatic rings. The lowest BCUT2D eigenvalue weighted by molar-refractivity contribution is -0.138. The topological polar surface area (TPSA) is 62.5 Å². The molecule has 2 aromatic rings. The fourth-order valence-corrected chi connectivity index (χ4v) is 3.89. The summed E-state index contributed by atoms with van der Waals surface area (Å²) in [4.78, 5) is 21.8. The highest BCUT2D eigenvalue weighted by Gasteiger charge is 2.35. The molecule has 2 N–H and O–H groups in total. The van der Waals surface area contributed by atoms with Crippen molar-refractivity contribution in [2.24, 2.45) is 5.73 Å². The van der Waals surface area contributed by atoms with E-state index in [0.29, 0.717) is 13.1 Å². The monoisotopic (exact) mass is 430 g/mol. The Morgan fingerprint density at radius 2 is 1.81 bits per heavy atom. The van der Waals surface area contributed by atoms with Crippen molar-refractivity contribution in [1.29, 1.82) is 0 Å². The van der Waals surface area contributed by atoms with E-state index in [0.717, 1.165) is 37.3 Å². The van der Waals surface area contributed by atoms with E-state index >= 15 is 0 Å². The van der Waals surface area contributed by atoms with Crippen LogP contribution in [-0.4, -0.2) is 46.9 Å². The van der Waals surface area contributed by atoms with Crippen LogP contribution in [0.4, 0.5) is 0 Å². The Hall–Kier alpha value is -1.18. The van der Waals surface area contributed by atoms with Crippen LogP contribution >= 0.6 is 36.2 Å². The first-order chi connectivity index (χ1) is 12.0. The number of rotatable bonds is 5. The van der Waals surface area contributed by atoms with E-state index < -0.39 is 5.54 Å². The molecule has 150 valence electrons. The van der Waals surface area contributed by atoms with Gasteiger partial charge in [0.2, 0.25) is 5.91 Å². The van der Waals surface area contributed by atoms with Crippen LogP contribution in [0.1, 0.15) is 30.1 Å². The average Bonchev–Trinajstić information content (AvgIpc) is 3.10. The van der Waals surface area contributed by atoms with Crippen LogP contribution in [0.5, 0.6) is 0 Å². The maximum Gasteiger partial charge on any atom is 0.247 e. The number of carbonyl (C=O) groups excluding carboxylic acids is 1. The molecule has 8 heteroatoms. The summed E-state index contributed by atoms with van der Waals surface area (Å²) in [5.41, 5.74) is 7.39. The summed E-state index contributed by atoms with van der Waals surface area (Å²) in [6, 6.07) is 9.61. The molecule has 0 bridgehead atoms. The SMILES string of the molecule is CCc1nc(CN2CCN(C(=O)C(C)(N)c3ccccc3)CC2)cs1.Cl.Cl. The van der Waals surface area contributed by atoms with E-state index in [1.165, 1.54) is 5.01 Å². The standard InChI is InChI=1S/C19H26N4OS.2ClH/c1-3-17-21-16(14-25-17)13-22-9-11-23(12-10-22)18(24)19(2,20)15-7-5-4-6-8-15;;/h4-8,14H,3,9-13,20H2,1-2H3;2*1H. The van der Waals surface area contributed by atoms with E-state index in [9.17, 15) is 4.79 Å². The third-order valence-electron chi connectivity index (χ3n) is 4.76. The van der Waals surface area contributed by atoms with E-state index in [2.05, 4.69) is 22.2 Å². The fourth-order valence-electron chi connectivity index (χ4n) is 3.16. The lowest BCUT2D eigenvalue weighted by Crippen LogP contribution is -2.56. The van der Waals surface area contributed by atoms with Gasteiger partial charge < -0.3 is 10.6 Å². The summed E-state index contributed by atoms with van der Waals surface area (Å²) in [6.45, 7) is 7.93. The van der Waals surface area contributed by atoms with Crippen LogP contribution < -0.4 is 5.73 Å². The molecule has 0 spiro atoms. The Kier molecular flexibility index (Phi) is 9.18. The van der Waals surface area contributed by atoms with Crippen LogP contribution in [0.2, 0.25) is 0 Å². The Bertz CT molecular complexity index is 716. The molecule has 3 rings (SSSR count). The minimum absolute atomic E-state index is 0. The first kappa shape index (κ1) is 23.9. The number of nitrogens with two attached hydrogens (primary N) is 1. The molecule has 27 heavy (non-hydrogen) atoms. The van der Waals surface area contributed by atoms with Crippen molar-refractivity contribution in [1.82, 2.24) is 14.8 Å². The molecule has 1 atom stereocenters. The van der Waals surface area contributed by atoms with Crippen LogP contribution in [0, 0.1) is 0 Å². The van der Waals surface area contributed by atoms with Crippen molar-refractivity contribution >= 4 is 42.1 Å². The van der Waals surface area contributed by atoms with E-state index in [-0.39, 0.29) is 30.7 Å². The second-order valence-electron chi connectivity index (χ2n) is 6.72. The van der Waals surface area contributed by atoms with Crippen LogP contribution in [0.25, 0.3) is 0 Å². The molecule has 1 fully saturated rings. The van der Waals surface area contributed by atoms with Crippen molar-refractivity contribution in [2.75, 3.05) is 26.2 Å². The zero-order valence-corrected chi connectivity index (χ0v) is 18.2. The summed E-state index contributed by atoms with van der Waals surface area (Å²) in [7, 11) is 0. The summed E-state index contributed by atoms with van der Waals surface area (Å²) >= 11 is 1.73. The number of piperazine rings is 1. The number of hydrogen-bond donors (Lipinski definition) is 1. The second-order valence-corrected chi connectivity index (χ2v) is 7.67. The Morgan fingerprint density at radius 1 is 1.19 bits per heavy atom. The van der Waals surface area contributed by atoms with Gasteiger partial charge in [-0.2, -0.15) is 0 Å². The van der Waals surface area contributed by atoms with E-state index in [1.807, 2.05) is 35.2 Å². The fraction of sp³-hybridized carbons (Fsp3) is 0.474. The summed E-state index contributed by atoms with van der Waals surface area (Å²) in [5, 5.41) is 3.33. The highest BCUT2D eigenvalue weighted by atomic mass is 35.5. The van der Waals surface area contributed by atoms with E-state index in [1.54, 1.807) is 18.3 Å². The number of halogens is 2. The zero-order chi connectivity index (χ0) is 17.9. The molecule has 0 aliphatic carbocycles. The molecule has 1 amide bonds. The van der Waals surface area contributed by atoms with Gasteiger partial charge >= 0.3 is 0 Å². The molecule has 1 aromatic heterocycles. The van der Waals surface area contributed by atoms with Gasteiger partial charge in [0.25, 0.3) is 0 Å². The maximum absolute atomic E-state index is 12.9. The quantitative estimate of drug-likeness (QED) is 0.791. The highest BCUT2D eigenvalue weighted by Crippen LogP contribution is 2.21. The smallest absolute Gasteiger partial charge is 0.247 e. The molecule has 0 radical (unpaired) electrons. The van der Waals surface area contributed by atoms with Gasteiger partial charge in [-0.25, -0.2) is 4.98 Å². The number of aryl methyl sites for hydroxylation is 1.